The molecule has 28 heavy (non-hydrogen) atoms. The number of hydrogen-bond donors (Lipinski definition) is 0. The summed E-state index contributed by atoms with van der Waals surface area (Å²) in [5.74, 6) is 0.240. The molecule has 8 heteroatoms. The summed E-state index contributed by atoms with van der Waals surface area (Å²) in [6.07, 6.45) is 2.72. The van der Waals surface area contributed by atoms with Gasteiger partial charge in [-0.15, -0.1) is 0 Å². The van der Waals surface area contributed by atoms with E-state index in [4.69, 9.17) is 0 Å². The second kappa shape index (κ2) is 7.67. The number of benzene rings is 1. The van der Waals surface area contributed by atoms with E-state index in [-0.39, 0.29) is 29.5 Å². The van der Waals surface area contributed by atoms with Gasteiger partial charge in [-0.05, 0) is 18.1 Å². The predicted molar refractivity (Wildman–Crippen MR) is 106 cm³/mol. The van der Waals surface area contributed by atoms with E-state index < -0.39 is 9.84 Å². The Balaban J connectivity index is 1.47. The maximum atomic E-state index is 12.9. The average molecular weight is 403 g/mol. The van der Waals surface area contributed by atoms with Gasteiger partial charge in [0.1, 0.15) is 0 Å². The molecule has 0 radical (unpaired) electrons. The Morgan fingerprint density at radius 2 is 1.86 bits per heavy atom. The average Bonchev–Trinajstić information content (AvgIpc) is 3.22. The van der Waals surface area contributed by atoms with E-state index in [9.17, 15) is 13.2 Å². The lowest BCUT2D eigenvalue weighted by atomic mass is 10.0. The summed E-state index contributed by atoms with van der Waals surface area (Å²) in [6.45, 7) is 1.99. The molecule has 4 rings (SSSR count). The second-order valence-corrected chi connectivity index (χ2v) is 9.85. The quantitative estimate of drug-likeness (QED) is 0.742. The number of nitrogens with zero attached hydrogens (tertiary/aromatic N) is 4. The van der Waals surface area contributed by atoms with Crippen LogP contribution in [0.5, 0.6) is 0 Å². The SMILES string of the molecule is Cn1nccc1CCC(=O)N1CCN(Cc2ccccc2)C2CS(=O)(=O)CC21. The number of fused-ring (bicyclic) bond motifs is 1. The molecule has 2 saturated heterocycles. The van der Waals surface area contributed by atoms with Gasteiger partial charge in [-0.2, -0.15) is 5.10 Å². The minimum atomic E-state index is -3.14. The smallest absolute Gasteiger partial charge is 0.223 e. The second-order valence-electron chi connectivity index (χ2n) is 7.70. The summed E-state index contributed by atoms with van der Waals surface area (Å²) >= 11 is 0. The van der Waals surface area contributed by atoms with Crippen LogP contribution < -0.4 is 0 Å². The number of aryl methyl sites for hydroxylation is 2. The molecule has 1 amide bonds. The maximum absolute atomic E-state index is 12.9. The van der Waals surface area contributed by atoms with Crippen molar-refractivity contribution in [1.82, 2.24) is 19.6 Å². The zero-order valence-electron chi connectivity index (χ0n) is 16.1. The number of carbonyl (C=O) groups is 1. The Bertz CT molecular complexity index is 941. The van der Waals surface area contributed by atoms with E-state index in [0.29, 0.717) is 32.5 Å². The van der Waals surface area contributed by atoms with E-state index in [0.717, 1.165) is 5.69 Å². The lowest BCUT2D eigenvalue weighted by Crippen LogP contribution is -2.60. The van der Waals surface area contributed by atoms with Gasteiger partial charge in [0.2, 0.25) is 5.91 Å². The number of aromatic nitrogens is 2. The zero-order valence-corrected chi connectivity index (χ0v) is 16.9. The van der Waals surface area contributed by atoms with Crippen LogP contribution in [-0.2, 0) is 34.6 Å². The van der Waals surface area contributed by atoms with E-state index in [1.807, 2.05) is 36.2 Å². The first kappa shape index (κ1) is 19.1. The molecule has 2 aliphatic rings. The highest BCUT2D eigenvalue weighted by molar-refractivity contribution is 7.91. The predicted octanol–water partition coefficient (Wildman–Crippen LogP) is 0.863. The Morgan fingerprint density at radius 3 is 2.57 bits per heavy atom. The van der Waals surface area contributed by atoms with Crippen molar-refractivity contribution in [2.75, 3.05) is 24.6 Å². The van der Waals surface area contributed by atoms with Crippen LogP contribution in [0.1, 0.15) is 17.7 Å². The summed E-state index contributed by atoms with van der Waals surface area (Å²) < 4.78 is 26.5. The van der Waals surface area contributed by atoms with Crippen molar-refractivity contribution in [2.24, 2.45) is 7.05 Å². The van der Waals surface area contributed by atoms with Crippen LogP contribution in [0.4, 0.5) is 0 Å². The molecule has 3 heterocycles. The van der Waals surface area contributed by atoms with Crippen molar-refractivity contribution in [3.63, 3.8) is 0 Å². The van der Waals surface area contributed by atoms with Gasteiger partial charge in [0.15, 0.2) is 9.84 Å². The Labute approximate surface area is 165 Å². The van der Waals surface area contributed by atoms with Crippen molar-refractivity contribution in [1.29, 1.82) is 0 Å². The van der Waals surface area contributed by atoms with E-state index >= 15 is 0 Å². The first-order chi connectivity index (χ1) is 13.4. The fraction of sp³-hybridized carbons (Fsp3) is 0.500. The van der Waals surface area contributed by atoms with Gasteiger partial charge in [-0.1, -0.05) is 30.3 Å². The van der Waals surface area contributed by atoms with Crippen LogP contribution in [0.15, 0.2) is 42.6 Å². The minimum Gasteiger partial charge on any atom is -0.336 e. The van der Waals surface area contributed by atoms with Crippen LogP contribution in [0, 0.1) is 0 Å². The standard InChI is InChI=1S/C20H26N4O3S/c1-22-17(9-10-21-22)7-8-20(25)24-12-11-23(13-16-5-3-2-4-6-16)18-14-28(26,27)15-19(18)24/h2-6,9-10,18-19H,7-8,11-15H2,1H3. The first-order valence-corrected chi connectivity index (χ1v) is 11.5. The third-order valence-electron chi connectivity index (χ3n) is 5.86. The van der Waals surface area contributed by atoms with Crippen LogP contribution in [0.25, 0.3) is 0 Å². The maximum Gasteiger partial charge on any atom is 0.223 e. The van der Waals surface area contributed by atoms with Crippen LogP contribution in [0.3, 0.4) is 0 Å². The highest BCUT2D eigenvalue weighted by Crippen LogP contribution is 2.29. The zero-order chi connectivity index (χ0) is 19.7. The molecule has 1 aromatic carbocycles. The van der Waals surface area contributed by atoms with Crippen molar-refractivity contribution in [2.45, 2.75) is 31.5 Å². The molecule has 0 aliphatic carbocycles. The number of sulfone groups is 1. The molecular formula is C20H26N4O3S. The monoisotopic (exact) mass is 402 g/mol. The summed E-state index contributed by atoms with van der Waals surface area (Å²) in [7, 11) is -1.27. The molecule has 2 fully saturated rings. The van der Waals surface area contributed by atoms with Gasteiger partial charge in [0, 0.05) is 51.0 Å². The number of carbonyl (C=O) groups excluding carboxylic acids is 1. The Hall–Kier alpha value is -2.19. The van der Waals surface area contributed by atoms with Crippen molar-refractivity contribution in [3.05, 3.63) is 53.9 Å². The highest BCUT2D eigenvalue weighted by atomic mass is 32.2. The van der Waals surface area contributed by atoms with Crippen LogP contribution in [0.2, 0.25) is 0 Å². The summed E-state index contributed by atoms with van der Waals surface area (Å²) in [6, 6.07) is 11.6. The molecule has 0 saturated carbocycles. The molecule has 1 aromatic heterocycles. The summed E-state index contributed by atoms with van der Waals surface area (Å²) in [5, 5.41) is 4.13. The number of hydrogen-bond acceptors (Lipinski definition) is 5. The molecular weight excluding hydrogens is 376 g/mol. The summed E-state index contributed by atoms with van der Waals surface area (Å²) in [5.41, 5.74) is 2.17. The molecule has 2 atom stereocenters. The van der Waals surface area contributed by atoms with Crippen LogP contribution >= 0.6 is 0 Å². The van der Waals surface area contributed by atoms with E-state index in [1.54, 1.807) is 10.9 Å². The van der Waals surface area contributed by atoms with Gasteiger partial charge in [0.25, 0.3) is 0 Å². The fourth-order valence-corrected chi connectivity index (χ4v) is 6.39. The molecule has 2 unspecified atom stereocenters. The minimum absolute atomic E-state index is 0.0349. The molecule has 7 nitrogen and oxygen atoms in total. The van der Waals surface area contributed by atoms with Gasteiger partial charge >= 0.3 is 0 Å². The fourth-order valence-electron chi connectivity index (χ4n) is 4.37. The number of rotatable bonds is 5. The number of piperazine rings is 1. The van der Waals surface area contributed by atoms with Crippen molar-refractivity contribution in [3.8, 4) is 0 Å². The topological polar surface area (TPSA) is 75.5 Å². The molecule has 0 bridgehead atoms. The van der Waals surface area contributed by atoms with E-state index in [1.165, 1.54) is 5.56 Å². The Morgan fingerprint density at radius 1 is 1.11 bits per heavy atom. The van der Waals surface area contributed by atoms with E-state index in [2.05, 4.69) is 22.1 Å². The molecule has 2 aromatic rings. The molecule has 150 valence electrons. The first-order valence-electron chi connectivity index (χ1n) is 9.68. The molecule has 2 aliphatic heterocycles. The normalized spacial score (nSPS) is 24.2. The van der Waals surface area contributed by atoms with Gasteiger partial charge in [0.05, 0.1) is 17.5 Å². The van der Waals surface area contributed by atoms with Crippen LogP contribution in [-0.4, -0.2) is 70.6 Å². The number of amides is 1. The highest BCUT2D eigenvalue weighted by Gasteiger charge is 2.47. The Kier molecular flexibility index (Phi) is 5.25. The van der Waals surface area contributed by atoms with Gasteiger partial charge < -0.3 is 4.90 Å². The van der Waals surface area contributed by atoms with Crippen molar-refractivity contribution < 1.29 is 13.2 Å². The van der Waals surface area contributed by atoms with Crippen molar-refractivity contribution >= 4 is 15.7 Å². The third-order valence-corrected chi connectivity index (χ3v) is 7.56. The lowest BCUT2D eigenvalue weighted by Gasteiger charge is -2.44. The lowest BCUT2D eigenvalue weighted by molar-refractivity contribution is -0.137. The largest absolute Gasteiger partial charge is 0.336 e. The van der Waals surface area contributed by atoms with Gasteiger partial charge in [-0.3, -0.25) is 14.4 Å². The summed E-state index contributed by atoms with van der Waals surface area (Å²) in [4.78, 5) is 17.0. The third kappa shape index (κ3) is 3.98. The molecule has 0 N–H and O–H groups in total. The molecule has 0 spiro atoms. The van der Waals surface area contributed by atoms with Gasteiger partial charge in [-0.25, -0.2) is 8.42 Å².